The molecule has 0 aliphatic heterocycles. The maximum absolute atomic E-state index is 12.5. The zero-order chi connectivity index (χ0) is 18.9. The summed E-state index contributed by atoms with van der Waals surface area (Å²) in [6, 6.07) is 11.0. The zero-order valence-electron chi connectivity index (χ0n) is 15.0. The Morgan fingerprint density at radius 1 is 1.00 bits per heavy atom. The summed E-state index contributed by atoms with van der Waals surface area (Å²) < 4.78 is 15.8. The summed E-state index contributed by atoms with van der Waals surface area (Å²) in [5.41, 5.74) is 1.61. The molecule has 7 heteroatoms. The lowest BCUT2D eigenvalue weighted by atomic mass is 10.1. The van der Waals surface area contributed by atoms with E-state index in [0.717, 1.165) is 16.5 Å². The summed E-state index contributed by atoms with van der Waals surface area (Å²) in [7, 11) is 4.58. The third-order valence-corrected chi connectivity index (χ3v) is 4.95. The van der Waals surface area contributed by atoms with E-state index in [1.165, 1.54) is 26.9 Å². The first-order chi connectivity index (χ1) is 12.6. The third kappa shape index (κ3) is 5.47. The van der Waals surface area contributed by atoms with Crippen molar-refractivity contribution in [2.45, 2.75) is 5.75 Å². The van der Waals surface area contributed by atoms with Crippen molar-refractivity contribution in [3.05, 3.63) is 52.5 Å². The van der Waals surface area contributed by atoms with Crippen molar-refractivity contribution >= 4 is 29.3 Å². The van der Waals surface area contributed by atoms with E-state index in [9.17, 15) is 4.79 Å². The number of carbonyl (C=O) groups is 1. The van der Waals surface area contributed by atoms with E-state index in [1.54, 1.807) is 23.9 Å². The second-order valence-corrected chi connectivity index (χ2v) is 6.88. The molecule has 0 saturated carbocycles. The smallest absolute Gasteiger partial charge is 0.255 e. The van der Waals surface area contributed by atoms with Crippen LogP contribution in [0.3, 0.4) is 0 Å². The normalized spacial score (nSPS) is 10.3. The van der Waals surface area contributed by atoms with E-state index in [2.05, 4.69) is 5.32 Å². The molecule has 0 spiro atoms. The molecule has 2 rings (SSSR count). The lowest BCUT2D eigenvalue weighted by Crippen LogP contribution is -2.26. The average molecular weight is 396 g/mol. The Kier molecular flexibility index (Phi) is 7.94. The molecule has 26 heavy (non-hydrogen) atoms. The maximum Gasteiger partial charge on any atom is 0.255 e. The van der Waals surface area contributed by atoms with Gasteiger partial charge in [-0.2, -0.15) is 11.8 Å². The second kappa shape index (κ2) is 10.2. The van der Waals surface area contributed by atoms with Gasteiger partial charge in [-0.1, -0.05) is 23.7 Å². The van der Waals surface area contributed by atoms with Crippen LogP contribution in [-0.2, 0) is 5.75 Å². The number of ether oxygens (including phenoxy) is 3. The number of methoxy groups -OCH3 is 3. The van der Waals surface area contributed by atoms with Gasteiger partial charge in [0.1, 0.15) is 5.75 Å². The summed E-state index contributed by atoms with van der Waals surface area (Å²) in [5, 5.41) is 3.63. The molecule has 0 unspecified atom stereocenters. The van der Waals surface area contributed by atoms with Crippen molar-refractivity contribution in [2.24, 2.45) is 0 Å². The summed E-state index contributed by atoms with van der Waals surface area (Å²) in [4.78, 5) is 12.5. The molecule has 1 N–H and O–H groups in total. The molecule has 0 fully saturated rings. The topological polar surface area (TPSA) is 56.8 Å². The standard InChI is InChI=1S/C19H22ClNO4S/c1-23-16-11-18(25-3)17(24-2)10-15(16)19(22)21-8-9-26-12-13-4-6-14(20)7-5-13/h4-7,10-11H,8-9,12H2,1-3H3,(H,21,22). The zero-order valence-corrected chi connectivity index (χ0v) is 16.6. The van der Waals surface area contributed by atoms with Gasteiger partial charge < -0.3 is 19.5 Å². The first-order valence-electron chi connectivity index (χ1n) is 7.99. The average Bonchev–Trinajstić information content (AvgIpc) is 2.67. The number of thioether (sulfide) groups is 1. The third-order valence-electron chi connectivity index (χ3n) is 3.66. The molecule has 0 heterocycles. The predicted octanol–water partition coefficient (Wildman–Crippen LogP) is 4.03. The highest BCUT2D eigenvalue weighted by Crippen LogP contribution is 2.34. The number of amides is 1. The molecule has 0 bridgehead atoms. The number of hydrogen-bond donors (Lipinski definition) is 1. The molecule has 2 aromatic rings. The molecule has 0 aromatic heterocycles. The van der Waals surface area contributed by atoms with Crippen molar-refractivity contribution in [2.75, 3.05) is 33.6 Å². The van der Waals surface area contributed by atoms with Gasteiger partial charge >= 0.3 is 0 Å². The van der Waals surface area contributed by atoms with Crippen LogP contribution in [0.2, 0.25) is 5.02 Å². The minimum Gasteiger partial charge on any atom is -0.496 e. The van der Waals surface area contributed by atoms with Gasteiger partial charge in [-0.15, -0.1) is 0 Å². The Labute approximate surface area is 163 Å². The molecule has 2 aromatic carbocycles. The van der Waals surface area contributed by atoms with Crippen LogP contribution >= 0.6 is 23.4 Å². The van der Waals surface area contributed by atoms with E-state index >= 15 is 0 Å². The van der Waals surface area contributed by atoms with Crippen LogP contribution in [0.15, 0.2) is 36.4 Å². The molecule has 1 amide bonds. The maximum atomic E-state index is 12.5. The van der Waals surface area contributed by atoms with E-state index in [1.807, 2.05) is 24.3 Å². The number of rotatable bonds is 9. The first kappa shape index (κ1) is 20.3. The molecule has 0 atom stereocenters. The number of benzene rings is 2. The Hall–Kier alpha value is -2.05. The molecule has 140 valence electrons. The number of hydrogen-bond acceptors (Lipinski definition) is 5. The quantitative estimate of drug-likeness (QED) is 0.649. The Bertz CT molecular complexity index is 737. The second-order valence-electron chi connectivity index (χ2n) is 5.34. The number of carbonyl (C=O) groups excluding carboxylic acids is 1. The largest absolute Gasteiger partial charge is 0.496 e. The monoisotopic (exact) mass is 395 g/mol. The van der Waals surface area contributed by atoms with Crippen molar-refractivity contribution in [1.29, 1.82) is 0 Å². The fraction of sp³-hybridized carbons (Fsp3) is 0.316. The molecule has 0 aliphatic rings. The fourth-order valence-electron chi connectivity index (χ4n) is 2.31. The van der Waals surface area contributed by atoms with Gasteiger partial charge in [0, 0.05) is 35.2 Å². The molecule has 0 radical (unpaired) electrons. The minimum atomic E-state index is -0.213. The Morgan fingerprint density at radius 2 is 1.62 bits per heavy atom. The summed E-state index contributed by atoms with van der Waals surface area (Å²) in [5.74, 6) is 2.88. The Morgan fingerprint density at radius 3 is 2.23 bits per heavy atom. The van der Waals surface area contributed by atoms with Crippen LogP contribution in [0.25, 0.3) is 0 Å². The van der Waals surface area contributed by atoms with Crippen LogP contribution < -0.4 is 19.5 Å². The first-order valence-corrected chi connectivity index (χ1v) is 9.52. The van der Waals surface area contributed by atoms with Gasteiger partial charge in [0.25, 0.3) is 5.91 Å². The fourth-order valence-corrected chi connectivity index (χ4v) is 3.25. The molecule has 0 saturated heterocycles. The lowest BCUT2D eigenvalue weighted by Gasteiger charge is -2.14. The van der Waals surface area contributed by atoms with E-state index in [4.69, 9.17) is 25.8 Å². The lowest BCUT2D eigenvalue weighted by molar-refractivity contribution is 0.0952. The molecular weight excluding hydrogens is 374 g/mol. The van der Waals surface area contributed by atoms with Crippen LogP contribution in [0.4, 0.5) is 0 Å². The highest BCUT2D eigenvalue weighted by Gasteiger charge is 2.17. The van der Waals surface area contributed by atoms with Crippen molar-refractivity contribution in [1.82, 2.24) is 5.32 Å². The SMILES string of the molecule is COc1cc(OC)c(C(=O)NCCSCc2ccc(Cl)cc2)cc1OC. The van der Waals surface area contributed by atoms with Crippen molar-refractivity contribution in [3.8, 4) is 17.2 Å². The van der Waals surface area contributed by atoms with Crippen molar-refractivity contribution < 1.29 is 19.0 Å². The molecular formula is C19H22ClNO4S. The van der Waals surface area contributed by atoms with Gasteiger partial charge in [-0.05, 0) is 17.7 Å². The molecule has 5 nitrogen and oxygen atoms in total. The van der Waals surface area contributed by atoms with E-state index in [0.29, 0.717) is 29.4 Å². The van der Waals surface area contributed by atoms with Crippen molar-refractivity contribution in [3.63, 3.8) is 0 Å². The molecule has 0 aliphatic carbocycles. The minimum absolute atomic E-state index is 0.213. The summed E-state index contributed by atoms with van der Waals surface area (Å²) in [6.07, 6.45) is 0. The van der Waals surface area contributed by atoms with Crippen LogP contribution in [0.5, 0.6) is 17.2 Å². The van der Waals surface area contributed by atoms with Gasteiger partial charge in [-0.25, -0.2) is 0 Å². The van der Waals surface area contributed by atoms with Crippen LogP contribution in [-0.4, -0.2) is 39.5 Å². The summed E-state index contributed by atoms with van der Waals surface area (Å²) in [6.45, 7) is 0.550. The Balaban J connectivity index is 1.88. The van der Waals surface area contributed by atoms with Gasteiger partial charge in [0.15, 0.2) is 11.5 Å². The van der Waals surface area contributed by atoms with Gasteiger partial charge in [0.2, 0.25) is 0 Å². The number of halogens is 1. The highest BCUT2D eigenvalue weighted by molar-refractivity contribution is 7.98. The van der Waals surface area contributed by atoms with E-state index < -0.39 is 0 Å². The number of nitrogens with one attached hydrogen (secondary N) is 1. The predicted molar refractivity (Wildman–Crippen MR) is 106 cm³/mol. The van der Waals surface area contributed by atoms with Gasteiger partial charge in [0.05, 0.1) is 26.9 Å². The summed E-state index contributed by atoms with van der Waals surface area (Å²) >= 11 is 7.61. The van der Waals surface area contributed by atoms with Crippen LogP contribution in [0, 0.1) is 0 Å². The highest BCUT2D eigenvalue weighted by atomic mass is 35.5. The van der Waals surface area contributed by atoms with Gasteiger partial charge in [-0.3, -0.25) is 4.79 Å². The van der Waals surface area contributed by atoms with E-state index in [-0.39, 0.29) is 5.91 Å². The van der Waals surface area contributed by atoms with Crippen LogP contribution in [0.1, 0.15) is 15.9 Å².